The first-order chi connectivity index (χ1) is 7.76. The largest absolute Gasteiger partial charge is 0.312 e. The van der Waals surface area contributed by atoms with Crippen molar-refractivity contribution >= 4 is 22.1 Å². The van der Waals surface area contributed by atoms with Crippen molar-refractivity contribution in [1.29, 1.82) is 10.7 Å². The van der Waals surface area contributed by atoms with Crippen LogP contribution in [0, 0.1) is 16.7 Å². The van der Waals surface area contributed by atoms with Gasteiger partial charge in [0.25, 0.3) is 0 Å². The predicted molar refractivity (Wildman–Crippen MR) is 70.2 cm³/mol. The molecule has 0 aromatic heterocycles. The van der Waals surface area contributed by atoms with Gasteiger partial charge in [-0.2, -0.15) is 5.26 Å². The Morgan fingerprint density at radius 1 is 1.31 bits per heavy atom. The number of nitrogens with zero attached hydrogens (tertiary/aromatic N) is 1. The molecule has 1 unspecified atom stereocenters. The van der Waals surface area contributed by atoms with Gasteiger partial charge in [-0.05, 0) is 30.4 Å². The second-order valence-corrected chi connectivity index (χ2v) is 4.90. The SMILES string of the molecule is N#CCc1ccc(CCCC(Br)C=N)cc1. The number of aryl methyl sites for hydroxylation is 1. The van der Waals surface area contributed by atoms with E-state index in [2.05, 4.69) is 34.1 Å². The van der Waals surface area contributed by atoms with Crippen molar-refractivity contribution in [2.75, 3.05) is 0 Å². The zero-order valence-electron chi connectivity index (χ0n) is 9.12. The monoisotopic (exact) mass is 278 g/mol. The van der Waals surface area contributed by atoms with Crippen LogP contribution in [0.2, 0.25) is 0 Å². The molecule has 0 spiro atoms. The molecule has 0 saturated heterocycles. The number of benzene rings is 1. The lowest BCUT2D eigenvalue weighted by atomic mass is 10.0. The van der Waals surface area contributed by atoms with Crippen LogP contribution in [0.3, 0.4) is 0 Å². The van der Waals surface area contributed by atoms with Gasteiger partial charge in [0.2, 0.25) is 0 Å². The number of rotatable bonds is 6. The van der Waals surface area contributed by atoms with E-state index in [-0.39, 0.29) is 4.83 Å². The standard InChI is InChI=1S/C13H15BrN2/c14-13(10-16)3-1-2-11-4-6-12(7-5-11)8-9-15/h4-7,10,13,16H,1-3,8H2. The topological polar surface area (TPSA) is 47.6 Å². The maximum atomic E-state index is 8.54. The Labute approximate surface area is 105 Å². The zero-order chi connectivity index (χ0) is 11.8. The number of nitrogens with one attached hydrogen (secondary N) is 1. The molecule has 1 atom stereocenters. The third-order valence-corrected chi connectivity index (χ3v) is 3.15. The molecule has 0 heterocycles. The van der Waals surface area contributed by atoms with Crippen molar-refractivity contribution in [2.24, 2.45) is 0 Å². The van der Waals surface area contributed by atoms with Crippen molar-refractivity contribution in [1.82, 2.24) is 0 Å². The van der Waals surface area contributed by atoms with E-state index in [1.807, 2.05) is 12.1 Å². The minimum absolute atomic E-state index is 0.199. The molecule has 0 bridgehead atoms. The van der Waals surface area contributed by atoms with E-state index in [1.54, 1.807) is 0 Å². The predicted octanol–water partition coefficient (Wildman–Crippen LogP) is 3.49. The molecule has 0 fully saturated rings. The van der Waals surface area contributed by atoms with E-state index in [0.717, 1.165) is 24.8 Å². The second kappa shape index (κ2) is 7.19. The second-order valence-electron chi connectivity index (χ2n) is 3.73. The first-order valence-corrected chi connectivity index (χ1v) is 6.27. The summed E-state index contributed by atoms with van der Waals surface area (Å²) < 4.78 is 0. The van der Waals surface area contributed by atoms with E-state index >= 15 is 0 Å². The molecule has 2 nitrogen and oxygen atoms in total. The molecule has 0 saturated carbocycles. The first kappa shape index (κ1) is 12.9. The molecule has 3 heteroatoms. The van der Waals surface area contributed by atoms with Crippen molar-refractivity contribution in [3.05, 3.63) is 35.4 Å². The molecule has 0 amide bonds. The van der Waals surface area contributed by atoms with Crippen LogP contribution in [0.5, 0.6) is 0 Å². The Morgan fingerprint density at radius 2 is 1.94 bits per heavy atom. The number of alkyl halides is 1. The highest BCUT2D eigenvalue weighted by Crippen LogP contribution is 2.11. The number of nitriles is 1. The van der Waals surface area contributed by atoms with E-state index in [4.69, 9.17) is 10.7 Å². The smallest absolute Gasteiger partial charge is 0.0669 e. The molecule has 0 aliphatic rings. The highest BCUT2D eigenvalue weighted by molar-refractivity contribution is 9.09. The summed E-state index contributed by atoms with van der Waals surface area (Å²) in [6.45, 7) is 0. The van der Waals surface area contributed by atoms with Gasteiger partial charge in [0.1, 0.15) is 0 Å². The maximum Gasteiger partial charge on any atom is 0.0669 e. The summed E-state index contributed by atoms with van der Waals surface area (Å²) >= 11 is 3.40. The van der Waals surface area contributed by atoms with E-state index < -0.39 is 0 Å². The quantitative estimate of drug-likeness (QED) is 0.629. The van der Waals surface area contributed by atoms with Crippen molar-refractivity contribution < 1.29 is 0 Å². The van der Waals surface area contributed by atoms with E-state index in [0.29, 0.717) is 6.42 Å². The van der Waals surface area contributed by atoms with Gasteiger partial charge >= 0.3 is 0 Å². The molecule has 1 rings (SSSR count). The first-order valence-electron chi connectivity index (χ1n) is 5.35. The van der Waals surface area contributed by atoms with Gasteiger partial charge in [-0.3, -0.25) is 0 Å². The van der Waals surface area contributed by atoms with Gasteiger partial charge in [-0.25, -0.2) is 0 Å². The summed E-state index contributed by atoms with van der Waals surface area (Å²) in [6.07, 6.45) is 5.00. The van der Waals surface area contributed by atoms with Gasteiger partial charge in [0.05, 0.1) is 12.5 Å². The Morgan fingerprint density at radius 3 is 2.50 bits per heavy atom. The van der Waals surface area contributed by atoms with E-state index in [9.17, 15) is 0 Å². The number of hydrogen-bond donors (Lipinski definition) is 1. The Balaban J connectivity index is 2.38. The average molecular weight is 279 g/mol. The molecule has 0 aliphatic heterocycles. The molecular weight excluding hydrogens is 264 g/mol. The molecular formula is C13H15BrN2. The summed E-state index contributed by atoms with van der Waals surface area (Å²) in [7, 11) is 0. The summed E-state index contributed by atoms with van der Waals surface area (Å²) in [5.41, 5.74) is 2.37. The van der Waals surface area contributed by atoms with Crippen LogP contribution >= 0.6 is 15.9 Å². The fraction of sp³-hybridized carbons (Fsp3) is 0.385. The van der Waals surface area contributed by atoms with Gasteiger partial charge in [-0.15, -0.1) is 0 Å². The summed E-state index contributed by atoms with van der Waals surface area (Å²) in [4.78, 5) is 0.199. The Kier molecular flexibility index (Phi) is 5.81. The lowest BCUT2D eigenvalue weighted by molar-refractivity contribution is 0.778. The van der Waals surface area contributed by atoms with E-state index in [1.165, 1.54) is 11.8 Å². The molecule has 1 N–H and O–H groups in total. The van der Waals surface area contributed by atoms with Crippen LogP contribution in [-0.2, 0) is 12.8 Å². The van der Waals surface area contributed by atoms with Gasteiger partial charge in [0.15, 0.2) is 0 Å². The minimum atomic E-state index is 0.199. The van der Waals surface area contributed by atoms with Gasteiger partial charge in [0, 0.05) is 11.0 Å². The van der Waals surface area contributed by atoms with Crippen LogP contribution in [0.25, 0.3) is 0 Å². The van der Waals surface area contributed by atoms with Gasteiger partial charge in [-0.1, -0.05) is 40.2 Å². The third kappa shape index (κ3) is 4.59. The van der Waals surface area contributed by atoms with Crippen LogP contribution in [-0.4, -0.2) is 11.0 Å². The number of hydrogen-bond acceptors (Lipinski definition) is 2. The molecule has 84 valence electrons. The van der Waals surface area contributed by atoms with Crippen molar-refractivity contribution in [3.63, 3.8) is 0 Å². The third-order valence-electron chi connectivity index (χ3n) is 2.43. The minimum Gasteiger partial charge on any atom is -0.312 e. The molecule has 16 heavy (non-hydrogen) atoms. The highest BCUT2D eigenvalue weighted by Gasteiger charge is 2.00. The summed E-state index contributed by atoms with van der Waals surface area (Å²) in [5.74, 6) is 0. The molecule has 0 radical (unpaired) electrons. The lowest BCUT2D eigenvalue weighted by Crippen LogP contribution is -1.99. The summed E-state index contributed by atoms with van der Waals surface area (Å²) in [5, 5.41) is 15.6. The number of halogens is 1. The fourth-order valence-electron chi connectivity index (χ4n) is 1.50. The summed E-state index contributed by atoms with van der Waals surface area (Å²) in [6, 6.07) is 10.3. The lowest BCUT2D eigenvalue weighted by Gasteiger charge is -2.04. The Bertz CT molecular complexity index is 365. The van der Waals surface area contributed by atoms with Crippen LogP contribution < -0.4 is 0 Å². The van der Waals surface area contributed by atoms with Crippen LogP contribution in [0.1, 0.15) is 24.0 Å². The molecule has 1 aromatic carbocycles. The van der Waals surface area contributed by atoms with Crippen molar-refractivity contribution in [2.45, 2.75) is 30.5 Å². The fourth-order valence-corrected chi connectivity index (χ4v) is 1.82. The van der Waals surface area contributed by atoms with Crippen molar-refractivity contribution in [3.8, 4) is 6.07 Å². The highest BCUT2D eigenvalue weighted by atomic mass is 79.9. The normalized spacial score (nSPS) is 11.8. The van der Waals surface area contributed by atoms with Crippen LogP contribution in [0.15, 0.2) is 24.3 Å². The maximum absolute atomic E-state index is 8.54. The average Bonchev–Trinajstić information content (AvgIpc) is 2.31. The van der Waals surface area contributed by atoms with Crippen LogP contribution in [0.4, 0.5) is 0 Å². The Hall–Kier alpha value is -1.14. The zero-order valence-corrected chi connectivity index (χ0v) is 10.7. The molecule has 1 aromatic rings. The molecule has 0 aliphatic carbocycles. The van der Waals surface area contributed by atoms with Gasteiger partial charge < -0.3 is 5.41 Å².